The monoisotopic (exact) mass is 354 g/mol. The van der Waals surface area contributed by atoms with E-state index in [1.807, 2.05) is 38.1 Å². The topological polar surface area (TPSA) is 33.3 Å². The Morgan fingerprint density at radius 2 is 1.76 bits per heavy atom. The van der Waals surface area contributed by atoms with Crippen LogP contribution in [0.3, 0.4) is 0 Å². The second-order valence-electron chi connectivity index (χ2n) is 6.93. The van der Waals surface area contributed by atoms with Crippen LogP contribution in [-0.2, 0) is 5.54 Å². The van der Waals surface area contributed by atoms with Gasteiger partial charge < -0.3 is 15.4 Å². The van der Waals surface area contributed by atoms with Gasteiger partial charge in [-0.25, -0.2) is 0 Å². The lowest BCUT2D eigenvalue weighted by molar-refractivity contribution is 0.242. The highest BCUT2D eigenvalue weighted by Crippen LogP contribution is 2.38. The fraction of sp³-hybridized carbons (Fsp3) is 0.381. The molecule has 4 heteroatoms. The van der Waals surface area contributed by atoms with Gasteiger partial charge in [-0.3, -0.25) is 0 Å². The zero-order valence-electron chi connectivity index (χ0n) is 14.9. The summed E-state index contributed by atoms with van der Waals surface area (Å²) in [7, 11) is 0. The average molecular weight is 355 g/mol. The standard InChI is InChI=1S/C21H26N2OS/c1-16(2)24-19-12-8-11-18(15-19)22-20(25)23-21(13-6-7-14-21)17-9-4-3-5-10-17/h3-5,8-12,15-16H,6-7,13-14H2,1-2H3,(H2,22,23,25). The van der Waals surface area contributed by atoms with E-state index in [2.05, 4.69) is 41.0 Å². The summed E-state index contributed by atoms with van der Waals surface area (Å²) in [5.41, 5.74) is 2.20. The molecule has 2 aromatic rings. The summed E-state index contributed by atoms with van der Waals surface area (Å²) in [5, 5.41) is 7.57. The van der Waals surface area contributed by atoms with Crippen molar-refractivity contribution >= 4 is 23.0 Å². The summed E-state index contributed by atoms with van der Waals surface area (Å²) in [5.74, 6) is 0.849. The molecule has 0 bridgehead atoms. The summed E-state index contributed by atoms with van der Waals surface area (Å²) in [4.78, 5) is 0. The van der Waals surface area contributed by atoms with Crippen LogP contribution in [0.4, 0.5) is 5.69 Å². The van der Waals surface area contributed by atoms with Crippen molar-refractivity contribution in [3.05, 3.63) is 60.2 Å². The van der Waals surface area contributed by atoms with E-state index in [-0.39, 0.29) is 11.6 Å². The van der Waals surface area contributed by atoms with Gasteiger partial charge in [-0.05, 0) is 56.6 Å². The van der Waals surface area contributed by atoms with Gasteiger partial charge in [0.2, 0.25) is 0 Å². The first-order chi connectivity index (χ1) is 12.1. The zero-order valence-corrected chi connectivity index (χ0v) is 15.7. The lowest BCUT2D eigenvalue weighted by Crippen LogP contribution is -2.45. The maximum Gasteiger partial charge on any atom is 0.171 e. The van der Waals surface area contributed by atoms with E-state index in [1.54, 1.807) is 0 Å². The smallest absolute Gasteiger partial charge is 0.171 e. The molecule has 1 aliphatic carbocycles. The number of rotatable bonds is 5. The van der Waals surface area contributed by atoms with Crippen molar-refractivity contribution < 1.29 is 4.74 Å². The van der Waals surface area contributed by atoms with Crippen LogP contribution in [0.25, 0.3) is 0 Å². The van der Waals surface area contributed by atoms with Crippen LogP contribution in [0.15, 0.2) is 54.6 Å². The second-order valence-corrected chi connectivity index (χ2v) is 7.34. The lowest BCUT2D eigenvalue weighted by Gasteiger charge is -2.32. The molecule has 0 amide bonds. The molecule has 2 aromatic carbocycles. The van der Waals surface area contributed by atoms with Gasteiger partial charge >= 0.3 is 0 Å². The van der Waals surface area contributed by atoms with Gasteiger partial charge in [-0.2, -0.15) is 0 Å². The molecular weight excluding hydrogens is 328 g/mol. The molecule has 1 saturated carbocycles. The average Bonchev–Trinajstić information content (AvgIpc) is 3.05. The highest BCUT2D eigenvalue weighted by atomic mass is 32.1. The molecule has 0 radical (unpaired) electrons. The Kier molecular flexibility index (Phi) is 5.59. The first kappa shape index (κ1) is 17.7. The normalized spacial score (nSPS) is 15.8. The highest BCUT2D eigenvalue weighted by molar-refractivity contribution is 7.80. The van der Waals surface area contributed by atoms with Crippen LogP contribution in [0.2, 0.25) is 0 Å². The molecule has 132 valence electrons. The molecule has 0 unspecified atom stereocenters. The van der Waals surface area contributed by atoms with Crippen molar-refractivity contribution in [3.8, 4) is 5.75 Å². The molecule has 0 aliphatic heterocycles. The van der Waals surface area contributed by atoms with Crippen LogP contribution in [0.1, 0.15) is 45.1 Å². The Labute approximate surface area is 155 Å². The number of benzene rings is 2. The molecule has 0 saturated heterocycles. The number of hydrogen-bond acceptors (Lipinski definition) is 2. The molecule has 25 heavy (non-hydrogen) atoms. The Balaban J connectivity index is 1.71. The second kappa shape index (κ2) is 7.87. The minimum atomic E-state index is -0.0581. The van der Waals surface area contributed by atoms with E-state index in [0.717, 1.165) is 24.3 Å². The largest absolute Gasteiger partial charge is 0.491 e. The Morgan fingerprint density at radius 3 is 2.44 bits per heavy atom. The third-order valence-corrected chi connectivity index (χ3v) is 4.80. The minimum Gasteiger partial charge on any atom is -0.491 e. The lowest BCUT2D eigenvalue weighted by atomic mass is 9.88. The van der Waals surface area contributed by atoms with Gasteiger partial charge in [0, 0.05) is 11.8 Å². The van der Waals surface area contributed by atoms with E-state index >= 15 is 0 Å². The molecule has 2 N–H and O–H groups in total. The summed E-state index contributed by atoms with van der Waals surface area (Å²) < 4.78 is 5.76. The van der Waals surface area contributed by atoms with E-state index in [9.17, 15) is 0 Å². The van der Waals surface area contributed by atoms with Crippen molar-refractivity contribution in [1.82, 2.24) is 5.32 Å². The first-order valence-electron chi connectivity index (χ1n) is 8.99. The number of hydrogen-bond donors (Lipinski definition) is 2. The van der Waals surface area contributed by atoms with Crippen molar-refractivity contribution in [2.24, 2.45) is 0 Å². The first-order valence-corrected chi connectivity index (χ1v) is 9.40. The fourth-order valence-corrected chi connectivity index (χ4v) is 3.83. The molecule has 0 atom stereocenters. The number of nitrogens with one attached hydrogen (secondary N) is 2. The van der Waals surface area contributed by atoms with E-state index in [1.165, 1.54) is 18.4 Å². The summed E-state index contributed by atoms with van der Waals surface area (Å²) in [6.07, 6.45) is 4.81. The fourth-order valence-electron chi connectivity index (χ4n) is 3.52. The highest BCUT2D eigenvalue weighted by Gasteiger charge is 2.36. The quantitative estimate of drug-likeness (QED) is 0.720. The van der Waals surface area contributed by atoms with E-state index in [0.29, 0.717) is 5.11 Å². The van der Waals surface area contributed by atoms with Crippen LogP contribution in [-0.4, -0.2) is 11.2 Å². The summed E-state index contributed by atoms with van der Waals surface area (Å²) >= 11 is 5.61. The Hall–Kier alpha value is -2.07. The zero-order chi connectivity index (χ0) is 17.7. The predicted octanol–water partition coefficient (Wildman–Crippen LogP) is 5.23. The third kappa shape index (κ3) is 4.51. The molecule has 0 aromatic heterocycles. The number of ether oxygens (including phenoxy) is 1. The van der Waals surface area contributed by atoms with Gasteiger partial charge in [0.25, 0.3) is 0 Å². The molecule has 1 aliphatic rings. The Bertz CT molecular complexity index is 709. The van der Waals surface area contributed by atoms with Crippen LogP contribution in [0.5, 0.6) is 5.75 Å². The van der Waals surface area contributed by atoms with E-state index in [4.69, 9.17) is 17.0 Å². The van der Waals surface area contributed by atoms with E-state index < -0.39 is 0 Å². The summed E-state index contributed by atoms with van der Waals surface area (Å²) in [6, 6.07) is 18.6. The maximum atomic E-state index is 5.76. The molecular formula is C21H26N2OS. The van der Waals surface area contributed by atoms with Crippen molar-refractivity contribution in [3.63, 3.8) is 0 Å². The number of anilines is 1. The molecule has 1 fully saturated rings. The molecule has 3 nitrogen and oxygen atoms in total. The number of thiocarbonyl (C=S) groups is 1. The Morgan fingerprint density at radius 1 is 1.04 bits per heavy atom. The molecule has 0 spiro atoms. The third-order valence-electron chi connectivity index (χ3n) is 4.60. The SMILES string of the molecule is CC(C)Oc1cccc(NC(=S)NC2(c3ccccc3)CCCC2)c1. The van der Waals surface area contributed by atoms with Crippen LogP contribution in [0, 0.1) is 0 Å². The molecule has 3 rings (SSSR count). The predicted molar refractivity (Wildman–Crippen MR) is 108 cm³/mol. The summed E-state index contributed by atoms with van der Waals surface area (Å²) in [6.45, 7) is 4.05. The van der Waals surface area contributed by atoms with Gasteiger partial charge in [0.15, 0.2) is 5.11 Å². The van der Waals surface area contributed by atoms with Crippen molar-refractivity contribution in [1.29, 1.82) is 0 Å². The minimum absolute atomic E-state index is 0.0581. The van der Waals surface area contributed by atoms with Gasteiger partial charge in [-0.15, -0.1) is 0 Å². The van der Waals surface area contributed by atoms with Crippen molar-refractivity contribution in [2.75, 3.05) is 5.32 Å². The van der Waals surface area contributed by atoms with Gasteiger partial charge in [0.05, 0.1) is 11.6 Å². The van der Waals surface area contributed by atoms with Gasteiger partial charge in [-0.1, -0.05) is 49.2 Å². The van der Waals surface area contributed by atoms with Gasteiger partial charge in [0.1, 0.15) is 5.75 Å². The van der Waals surface area contributed by atoms with Crippen molar-refractivity contribution in [2.45, 2.75) is 51.2 Å². The molecule has 0 heterocycles. The van der Waals surface area contributed by atoms with Crippen LogP contribution >= 0.6 is 12.2 Å². The van der Waals surface area contributed by atoms with Crippen LogP contribution < -0.4 is 15.4 Å². The maximum absolute atomic E-state index is 5.76.